The second kappa shape index (κ2) is 8.68. The van der Waals surface area contributed by atoms with Crippen LogP contribution in [0.1, 0.15) is 61.0 Å². The molecule has 1 aromatic carbocycles. The molecular formula is C20H24N4O5. The number of hydrogen-bond donors (Lipinski definition) is 2. The average Bonchev–Trinajstić information content (AvgIpc) is 2.62. The topological polar surface area (TPSA) is 137 Å². The second-order valence-corrected chi connectivity index (χ2v) is 7.34. The van der Waals surface area contributed by atoms with Crippen LogP contribution in [0.2, 0.25) is 0 Å². The van der Waals surface area contributed by atoms with Crippen LogP contribution >= 0.6 is 0 Å². The number of aromatic nitrogens is 1. The Balaban J connectivity index is 2.44. The molecule has 0 unspecified atom stereocenters. The van der Waals surface area contributed by atoms with E-state index in [0.717, 1.165) is 28.0 Å². The maximum absolute atomic E-state index is 12.7. The Morgan fingerprint density at radius 3 is 2.17 bits per heavy atom. The average molecular weight is 400 g/mol. The molecule has 2 amide bonds. The minimum atomic E-state index is -1.10. The van der Waals surface area contributed by atoms with Crippen molar-refractivity contribution in [2.24, 2.45) is 5.73 Å². The summed E-state index contributed by atoms with van der Waals surface area (Å²) < 4.78 is 0.820. The van der Waals surface area contributed by atoms with Crippen molar-refractivity contribution in [1.29, 1.82) is 0 Å². The molecule has 2 aromatic rings. The SMILES string of the molecule is CC(C)c1cccc(C(C)C)c1NC(=O)Cn1cc([N+](=O)[O-])cc(C(N)=O)c1=O. The second-order valence-electron chi connectivity index (χ2n) is 7.34. The fourth-order valence-corrected chi connectivity index (χ4v) is 3.04. The highest BCUT2D eigenvalue weighted by atomic mass is 16.6. The summed E-state index contributed by atoms with van der Waals surface area (Å²) in [4.78, 5) is 46.9. The number of amides is 2. The number of carbonyl (C=O) groups is 2. The lowest BCUT2D eigenvalue weighted by Crippen LogP contribution is -2.33. The molecule has 1 aromatic heterocycles. The van der Waals surface area contributed by atoms with Gasteiger partial charge in [-0.2, -0.15) is 0 Å². The number of rotatable bonds is 7. The number of nitro groups is 1. The van der Waals surface area contributed by atoms with Crippen LogP contribution in [0.3, 0.4) is 0 Å². The lowest BCUT2D eigenvalue weighted by Gasteiger charge is -2.20. The summed E-state index contributed by atoms with van der Waals surface area (Å²) in [5.74, 6) is -1.35. The zero-order chi connectivity index (χ0) is 21.9. The van der Waals surface area contributed by atoms with Crippen LogP contribution in [0.4, 0.5) is 11.4 Å². The molecule has 9 nitrogen and oxygen atoms in total. The van der Waals surface area contributed by atoms with E-state index in [1.54, 1.807) is 0 Å². The number of para-hydroxylation sites is 1. The first kappa shape index (κ1) is 21.8. The summed E-state index contributed by atoms with van der Waals surface area (Å²) >= 11 is 0. The monoisotopic (exact) mass is 400 g/mol. The summed E-state index contributed by atoms with van der Waals surface area (Å²) in [6, 6.07) is 6.56. The van der Waals surface area contributed by atoms with Crippen LogP contribution in [0.5, 0.6) is 0 Å². The van der Waals surface area contributed by atoms with Crippen molar-refractivity contribution in [3.05, 3.63) is 67.6 Å². The number of benzene rings is 1. The standard InChI is InChI=1S/C20H24N4O5/c1-11(2)14-6-5-7-15(12(3)4)18(14)22-17(25)10-23-9-13(24(28)29)8-16(19(21)26)20(23)27/h5-9,11-12H,10H2,1-4H3,(H2,21,26)(H,22,25). The van der Waals surface area contributed by atoms with Crippen LogP contribution in [0.25, 0.3) is 0 Å². The predicted octanol–water partition coefficient (Wildman–Crippen LogP) is 2.74. The van der Waals surface area contributed by atoms with Gasteiger partial charge in [-0.1, -0.05) is 45.9 Å². The van der Waals surface area contributed by atoms with E-state index in [0.29, 0.717) is 5.69 Å². The van der Waals surface area contributed by atoms with Gasteiger partial charge in [0.2, 0.25) is 5.91 Å². The van der Waals surface area contributed by atoms with Gasteiger partial charge in [0.05, 0.1) is 11.1 Å². The van der Waals surface area contributed by atoms with Crippen LogP contribution in [-0.4, -0.2) is 21.3 Å². The molecule has 0 spiro atoms. The van der Waals surface area contributed by atoms with Gasteiger partial charge in [0.1, 0.15) is 12.1 Å². The zero-order valence-corrected chi connectivity index (χ0v) is 16.8. The Bertz CT molecular complexity index is 998. The smallest absolute Gasteiger partial charge is 0.286 e. The Kier molecular flexibility index (Phi) is 6.53. The molecule has 2 rings (SSSR count). The van der Waals surface area contributed by atoms with Gasteiger partial charge in [-0.3, -0.25) is 29.1 Å². The normalized spacial score (nSPS) is 11.0. The van der Waals surface area contributed by atoms with E-state index in [-0.39, 0.29) is 11.8 Å². The quantitative estimate of drug-likeness (QED) is 0.544. The number of pyridine rings is 1. The minimum absolute atomic E-state index is 0.144. The van der Waals surface area contributed by atoms with Gasteiger partial charge in [0, 0.05) is 11.8 Å². The molecule has 29 heavy (non-hydrogen) atoms. The van der Waals surface area contributed by atoms with Crippen molar-refractivity contribution in [3.8, 4) is 0 Å². The van der Waals surface area contributed by atoms with Gasteiger partial charge in [-0.15, -0.1) is 0 Å². The van der Waals surface area contributed by atoms with Crippen LogP contribution in [0, 0.1) is 10.1 Å². The van der Waals surface area contributed by atoms with Crippen molar-refractivity contribution in [2.75, 3.05) is 5.32 Å². The molecule has 0 bridgehead atoms. The van der Waals surface area contributed by atoms with Gasteiger partial charge in [-0.25, -0.2) is 0 Å². The molecule has 0 atom stereocenters. The maximum atomic E-state index is 12.7. The van der Waals surface area contributed by atoms with Gasteiger partial charge < -0.3 is 11.1 Å². The largest absolute Gasteiger partial charge is 0.365 e. The summed E-state index contributed by atoms with van der Waals surface area (Å²) in [6.45, 7) is 7.50. The van der Waals surface area contributed by atoms with Gasteiger partial charge in [0.25, 0.3) is 17.2 Å². The molecule has 0 aliphatic heterocycles. The number of carbonyl (C=O) groups excluding carboxylic acids is 2. The van der Waals surface area contributed by atoms with Gasteiger partial charge in [-0.05, 0) is 23.0 Å². The first-order chi connectivity index (χ1) is 13.5. The molecule has 0 aliphatic rings. The maximum Gasteiger partial charge on any atom is 0.286 e. The summed E-state index contributed by atoms with van der Waals surface area (Å²) in [5.41, 5.74) is 5.77. The molecule has 154 valence electrons. The molecule has 9 heteroatoms. The number of nitrogens with two attached hydrogens (primary N) is 1. The molecule has 0 fully saturated rings. The highest BCUT2D eigenvalue weighted by molar-refractivity contribution is 5.94. The van der Waals surface area contributed by atoms with Crippen molar-refractivity contribution in [2.45, 2.75) is 46.1 Å². The van der Waals surface area contributed by atoms with E-state index in [2.05, 4.69) is 5.32 Å². The molecule has 0 radical (unpaired) electrons. The highest BCUT2D eigenvalue weighted by Gasteiger charge is 2.20. The van der Waals surface area contributed by atoms with E-state index >= 15 is 0 Å². The highest BCUT2D eigenvalue weighted by Crippen LogP contribution is 2.32. The van der Waals surface area contributed by atoms with E-state index in [4.69, 9.17) is 5.73 Å². The molecule has 0 saturated carbocycles. The first-order valence-electron chi connectivity index (χ1n) is 9.14. The third-order valence-electron chi connectivity index (χ3n) is 4.50. The van der Waals surface area contributed by atoms with E-state index < -0.39 is 40.1 Å². The molecule has 1 heterocycles. The summed E-state index contributed by atoms with van der Waals surface area (Å²) in [6.07, 6.45) is 0.923. The molecule has 0 saturated heterocycles. The lowest BCUT2D eigenvalue weighted by molar-refractivity contribution is -0.385. The van der Waals surface area contributed by atoms with Crippen molar-refractivity contribution in [3.63, 3.8) is 0 Å². The van der Waals surface area contributed by atoms with Crippen molar-refractivity contribution < 1.29 is 14.5 Å². The number of hydrogen-bond acceptors (Lipinski definition) is 5. The number of primary amides is 1. The summed E-state index contributed by atoms with van der Waals surface area (Å²) in [7, 11) is 0. The fourth-order valence-electron chi connectivity index (χ4n) is 3.04. The first-order valence-corrected chi connectivity index (χ1v) is 9.14. The van der Waals surface area contributed by atoms with Crippen LogP contribution in [-0.2, 0) is 11.3 Å². The zero-order valence-electron chi connectivity index (χ0n) is 16.8. The van der Waals surface area contributed by atoms with Crippen LogP contribution < -0.4 is 16.6 Å². The number of nitrogens with zero attached hydrogens (tertiary/aromatic N) is 2. The van der Waals surface area contributed by atoms with E-state index in [1.165, 1.54) is 0 Å². The van der Waals surface area contributed by atoms with E-state index in [9.17, 15) is 24.5 Å². The minimum Gasteiger partial charge on any atom is -0.365 e. The number of nitrogens with one attached hydrogen (secondary N) is 1. The third-order valence-corrected chi connectivity index (χ3v) is 4.50. The Morgan fingerprint density at radius 1 is 1.17 bits per heavy atom. The van der Waals surface area contributed by atoms with Gasteiger partial charge in [0.15, 0.2) is 0 Å². The Hall–Kier alpha value is -3.49. The van der Waals surface area contributed by atoms with E-state index in [1.807, 2.05) is 45.9 Å². The molecule has 3 N–H and O–H groups in total. The Morgan fingerprint density at radius 2 is 1.72 bits per heavy atom. The Labute approximate surface area is 167 Å². The number of anilines is 1. The van der Waals surface area contributed by atoms with Gasteiger partial charge >= 0.3 is 0 Å². The lowest BCUT2D eigenvalue weighted by atomic mass is 9.92. The summed E-state index contributed by atoms with van der Waals surface area (Å²) in [5, 5.41) is 13.9. The van der Waals surface area contributed by atoms with Crippen molar-refractivity contribution >= 4 is 23.2 Å². The van der Waals surface area contributed by atoms with Crippen molar-refractivity contribution in [1.82, 2.24) is 4.57 Å². The van der Waals surface area contributed by atoms with Crippen LogP contribution in [0.15, 0.2) is 35.3 Å². The molecule has 0 aliphatic carbocycles. The fraction of sp³-hybridized carbons (Fsp3) is 0.350. The molecular weight excluding hydrogens is 376 g/mol. The predicted molar refractivity (Wildman–Crippen MR) is 109 cm³/mol. The third kappa shape index (κ3) is 4.87.